The largest absolute Gasteiger partial charge is 0.489 e. The fourth-order valence-electron chi connectivity index (χ4n) is 3.09. The van der Waals surface area contributed by atoms with Crippen LogP contribution in [0.25, 0.3) is 0 Å². The molecular formula is C25H22F3NO4. The topological polar surface area (TPSA) is 64.6 Å². The Morgan fingerprint density at radius 2 is 1.52 bits per heavy atom. The van der Waals surface area contributed by atoms with Gasteiger partial charge in [0, 0.05) is 12.0 Å². The number of hydrogen-bond donors (Lipinski definition) is 1. The average molecular weight is 457 g/mol. The van der Waals surface area contributed by atoms with E-state index in [2.05, 4.69) is 5.32 Å². The first-order valence-electron chi connectivity index (χ1n) is 10.1. The number of benzene rings is 3. The van der Waals surface area contributed by atoms with Gasteiger partial charge in [0.2, 0.25) is 0 Å². The van der Waals surface area contributed by atoms with Gasteiger partial charge in [-0.15, -0.1) is 0 Å². The minimum absolute atomic E-state index is 0.00145. The number of amides is 1. The highest BCUT2D eigenvalue weighted by molar-refractivity contribution is 5.96. The van der Waals surface area contributed by atoms with Crippen molar-refractivity contribution in [1.82, 2.24) is 5.32 Å². The zero-order valence-corrected chi connectivity index (χ0v) is 17.8. The minimum atomic E-state index is -4.50. The summed E-state index contributed by atoms with van der Waals surface area (Å²) >= 11 is 0. The van der Waals surface area contributed by atoms with Crippen LogP contribution in [0.15, 0.2) is 78.9 Å². The van der Waals surface area contributed by atoms with E-state index in [-0.39, 0.29) is 12.0 Å². The van der Waals surface area contributed by atoms with Crippen molar-refractivity contribution in [2.45, 2.75) is 25.2 Å². The summed E-state index contributed by atoms with van der Waals surface area (Å²) < 4.78 is 48.7. The summed E-state index contributed by atoms with van der Waals surface area (Å²) in [7, 11) is 1.19. The summed E-state index contributed by atoms with van der Waals surface area (Å²) in [6, 6.07) is 19.5. The third-order valence-corrected chi connectivity index (χ3v) is 4.88. The second kappa shape index (κ2) is 10.7. The standard InChI is InChI=1S/C25H22F3NO4/c1-32-24(31)22(29-23(30)19-9-11-20(12-10-19)25(26,27)28)15-17-7-13-21(14-8-17)33-16-18-5-3-2-4-6-18/h2-14,22H,15-16H2,1H3,(H,29,30)/t22-/m0/s1. The Balaban J connectivity index is 1.63. The lowest BCUT2D eigenvalue weighted by Gasteiger charge is -2.17. The molecule has 0 aromatic heterocycles. The molecular weight excluding hydrogens is 435 g/mol. The predicted octanol–water partition coefficient (Wildman–Crippen LogP) is 4.80. The van der Waals surface area contributed by atoms with Gasteiger partial charge in [-0.2, -0.15) is 13.2 Å². The van der Waals surface area contributed by atoms with Crippen molar-refractivity contribution in [3.05, 3.63) is 101 Å². The van der Waals surface area contributed by atoms with Gasteiger partial charge in [0.1, 0.15) is 18.4 Å². The Bertz CT molecular complexity index is 1070. The summed E-state index contributed by atoms with van der Waals surface area (Å²) in [6.45, 7) is 0.411. The molecule has 0 unspecified atom stereocenters. The molecule has 0 saturated heterocycles. The lowest BCUT2D eigenvalue weighted by molar-refractivity contribution is -0.142. The van der Waals surface area contributed by atoms with Crippen LogP contribution in [0, 0.1) is 0 Å². The Hall–Kier alpha value is -3.81. The van der Waals surface area contributed by atoms with E-state index in [1.807, 2.05) is 30.3 Å². The van der Waals surface area contributed by atoms with Gasteiger partial charge >= 0.3 is 12.1 Å². The van der Waals surface area contributed by atoms with Crippen molar-refractivity contribution in [3.8, 4) is 5.75 Å². The second-order valence-electron chi connectivity index (χ2n) is 7.25. The number of nitrogens with one attached hydrogen (secondary N) is 1. The molecule has 5 nitrogen and oxygen atoms in total. The third kappa shape index (κ3) is 6.83. The van der Waals surface area contributed by atoms with Crippen LogP contribution >= 0.6 is 0 Å². The first-order chi connectivity index (χ1) is 15.8. The first kappa shape index (κ1) is 23.8. The lowest BCUT2D eigenvalue weighted by atomic mass is 10.0. The van der Waals surface area contributed by atoms with Crippen LogP contribution in [-0.2, 0) is 28.7 Å². The van der Waals surface area contributed by atoms with Crippen LogP contribution in [0.5, 0.6) is 5.75 Å². The molecule has 3 aromatic carbocycles. The van der Waals surface area contributed by atoms with Gasteiger partial charge < -0.3 is 14.8 Å². The van der Waals surface area contributed by atoms with Crippen LogP contribution in [0.3, 0.4) is 0 Å². The molecule has 0 aliphatic rings. The Morgan fingerprint density at radius 1 is 0.879 bits per heavy atom. The van der Waals surface area contributed by atoms with Gasteiger partial charge in [-0.25, -0.2) is 4.79 Å². The zero-order valence-electron chi connectivity index (χ0n) is 17.8. The molecule has 3 rings (SSSR count). The molecule has 33 heavy (non-hydrogen) atoms. The van der Waals surface area contributed by atoms with Crippen molar-refractivity contribution >= 4 is 11.9 Å². The maximum atomic E-state index is 12.7. The highest BCUT2D eigenvalue weighted by Gasteiger charge is 2.30. The van der Waals surface area contributed by atoms with E-state index < -0.39 is 29.7 Å². The first-order valence-corrected chi connectivity index (χ1v) is 10.1. The lowest BCUT2D eigenvalue weighted by Crippen LogP contribution is -2.43. The molecule has 8 heteroatoms. The molecule has 3 aromatic rings. The second-order valence-corrected chi connectivity index (χ2v) is 7.25. The van der Waals surface area contributed by atoms with E-state index in [0.717, 1.165) is 35.4 Å². The average Bonchev–Trinajstić information content (AvgIpc) is 2.82. The summed E-state index contributed by atoms with van der Waals surface area (Å²) in [6.07, 6.45) is -4.36. The van der Waals surface area contributed by atoms with Crippen molar-refractivity contribution in [3.63, 3.8) is 0 Å². The summed E-state index contributed by atoms with van der Waals surface area (Å²) in [5.41, 5.74) is 0.906. The molecule has 172 valence electrons. The van der Waals surface area contributed by atoms with Crippen LogP contribution in [0.4, 0.5) is 13.2 Å². The molecule has 0 saturated carbocycles. The highest BCUT2D eigenvalue weighted by Crippen LogP contribution is 2.29. The van der Waals surface area contributed by atoms with E-state index in [1.54, 1.807) is 24.3 Å². The number of carbonyl (C=O) groups is 2. The molecule has 0 aliphatic heterocycles. The van der Waals surface area contributed by atoms with Crippen molar-refractivity contribution in [2.75, 3.05) is 7.11 Å². The van der Waals surface area contributed by atoms with Crippen LogP contribution < -0.4 is 10.1 Å². The van der Waals surface area contributed by atoms with Gasteiger partial charge in [-0.1, -0.05) is 42.5 Å². The molecule has 0 heterocycles. The Kier molecular flexibility index (Phi) is 7.71. The van der Waals surface area contributed by atoms with Crippen LogP contribution in [0.2, 0.25) is 0 Å². The maximum Gasteiger partial charge on any atom is 0.416 e. The van der Waals surface area contributed by atoms with E-state index in [0.29, 0.717) is 12.4 Å². The normalized spacial score (nSPS) is 12.0. The van der Waals surface area contributed by atoms with E-state index >= 15 is 0 Å². The molecule has 1 atom stereocenters. The van der Waals surface area contributed by atoms with Crippen LogP contribution in [-0.4, -0.2) is 25.0 Å². The number of alkyl halides is 3. The summed E-state index contributed by atoms with van der Waals surface area (Å²) in [5, 5.41) is 2.53. The molecule has 0 fully saturated rings. The zero-order chi connectivity index (χ0) is 23.8. The predicted molar refractivity (Wildman–Crippen MR) is 116 cm³/mol. The van der Waals surface area contributed by atoms with Crippen LogP contribution in [0.1, 0.15) is 27.0 Å². The quantitative estimate of drug-likeness (QED) is 0.494. The number of carbonyl (C=O) groups excluding carboxylic acids is 2. The Morgan fingerprint density at radius 3 is 2.09 bits per heavy atom. The van der Waals surface area contributed by atoms with Gasteiger partial charge in [0.25, 0.3) is 5.91 Å². The smallest absolute Gasteiger partial charge is 0.416 e. The summed E-state index contributed by atoms with van der Waals surface area (Å²) in [4.78, 5) is 24.7. The van der Waals surface area contributed by atoms with Crippen molar-refractivity contribution in [2.24, 2.45) is 0 Å². The number of methoxy groups -OCH3 is 1. The SMILES string of the molecule is COC(=O)[C@H](Cc1ccc(OCc2ccccc2)cc1)NC(=O)c1ccc(C(F)(F)F)cc1. The number of halogens is 3. The Labute approximate surface area is 189 Å². The van der Waals surface area contributed by atoms with E-state index in [1.165, 1.54) is 7.11 Å². The number of ether oxygens (including phenoxy) is 2. The molecule has 0 aliphatic carbocycles. The van der Waals surface area contributed by atoms with Gasteiger partial charge in [-0.3, -0.25) is 4.79 Å². The van der Waals surface area contributed by atoms with Gasteiger partial charge in [0.15, 0.2) is 0 Å². The number of hydrogen-bond acceptors (Lipinski definition) is 4. The summed E-state index contributed by atoms with van der Waals surface area (Å²) in [5.74, 6) is -0.701. The fourth-order valence-corrected chi connectivity index (χ4v) is 3.09. The number of rotatable bonds is 8. The van der Waals surface area contributed by atoms with E-state index in [4.69, 9.17) is 9.47 Å². The molecule has 1 amide bonds. The highest BCUT2D eigenvalue weighted by atomic mass is 19.4. The van der Waals surface area contributed by atoms with Crippen molar-refractivity contribution in [1.29, 1.82) is 0 Å². The van der Waals surface area contributed by atoms with Gasteiger partial charge in [-0.05, 0) is 47.5 Å². The van der Waals surface area contributed by atoms with E-state index in [9.17, 15) is 22.8 Å². The number of esters is 1. The molecule has 0 bridgehead atoms. The third-order valence-electron chi connectivity index (χ3n) is 4.88. The maximum absolute atomic E-state index is 12.7. The minimum Gasteiger partial charge on any atom is -0.489 e. The molecule has 1 N–H and O–H groups in total. The monoisotopic (exact) mass is 457 g/mol. The fraction of sp³-hybridized carbons (Fsp3) is 0.200. The molecule has 0 radical (unpaired) electrons. The molecule has 0 spiro atoms. The van der Waals surface area contributed by atoms with Gasteiger partial charge in [0.05, 0.1) is 12.7 Å². The van der Waals surface area contributed by atoms with Crippen molar-refractivity contribution < 1.29 is 32.2 Å².